The fourth-order valence-corrected chi connectivity index (χ4v) is 3.46. The fourth-order valence-electron chi connectivity index (χ4n) is 3.46. The first-order valence-electron chi connectivity index (χ1n) is 10.6. The molecule has 162 valence electrons. The molecule has 0 saturated heterocycles. The molecule has 0 radical (unpaired) electrons. The smallest absolute Gasteiger partial charge is 0.253 e. The van der Waals surface area contributed by atoms with Gasteiger partial charge >= 0.3 is 0 Å². The Hall–Kier alpha value is -3.38. The van der Waals surface area contributed by atoms with Gasteiger partial charge in [-0.2, -0.15) is 0 Å². The van der Waals surface area contributed by atoms with E-state index in [0.29, 0.717) is 37.4 Å². The van der Waals surface area contributed by atoms with Gasteiger partial charge in [0.2, 0.25) is 5.91 Å². The van der Waals surface area contributed by atoms with Crippen LogP contribution in [-0.2, 0) is 17.9 Å². The van der Waals surface area contributed by atoms with Crippen LogP contribution in [0.1, 0.15) is 35.5 Å². The van der Waals surface area contributed by atoms with E-state index in [1.165, 1.54) is 0 Å². The summed E-state index contributed by atoms with van der Waals surface area (Å²) in [6, 6.07) is 20.8. The van der Waals surface area contributed by atoms with Crippen molar-refractivity contribution in [1.82, 2.24) is 9.80 Å². The van der Waals surface area contributed by atoms with Crippen LogP contribution < -0.4 is 5.32 Å². The number of nitrogens with zero attached hydrogens (tertiary/aromatic N) is 2. The lowest BCUT2D eigenvalue weighted by atomic mass is 10.1. The molecule has 0 saturated carbocycles. The lowest BCUT2D eigenvalue weighted by molar-refractivity contribution is -0.117. The molecule has 0 spiro atoms. The maximum atomic E-state index is 12.8. The quantitative estimate of drug-likeness (QED) is 0.529. The molecule has 0 aliphatic rings. The number of benzene rings is 2. The average molecular weight is 420 g/mol. The Morgan fingerprint density at radius 1 is 0.903 bits per heavy atom. The van der Waals surface area contributed by atoms with Gasteiger partial charge in [0.25, 0.3) is 5.91 Å². The van der Waals surface area contributed by atoms with E-state index in [9.17, 15) is 9.59 Å². The highest BCUT2D eigenvalue weighted by Gasteiger charge is 2.16. The second-order valence-corrected chi connectivity index (χ2v) is 7.32. The molecule has 3 rings (SSSR count). The summed E-state index contributed by atoms with van der Waals surface area (Å²) >= 11 is 0. The molecule has 0 fully saturated rings. The van der Waals surface area contributed by atoms with E-state index in [2.05, 4.69) is 5.32 Å². The van der Waals surface area contributed by atoms with Crippen LogP contribution in [0.5, 0.6) is 0 Å². The lowest BCUT2D eigenvalue weighted by Gasteiger charge is -2.21. The molecule has 31 heavy (non-hydrogen) atoms. The van der Waals surface area contributed by atoms with Crippen LogP contribution in [0.15, 0.2) is 77.4 Å². The van der Waals surface area contributed by atoms with Crippen molar-refractivity contribution >= 4 is 17.5 Å². The van der Waals surface area contributed by atoms with Gasteiger partial charge in [-0.1, -0.05) is 36.4 Å². The minimum absolute atomic E-state index is 0.0374. The van der Waals surface area contributed by atoms with Gasteiger partial charge in [-0.15, -0.1) is 0 Å². The topological polar surface area (TPSA) is 65.8 Å². The molecule has 0 aliphatic carbocycles. The molecule has 0 atom stereocenters. The Morgan fingerprint density at radius 3 is 2.35 bits per heavy atom. The van der Waals surface area contributed by atoms with E-state index in [-0.39, 0.29) is 18.4 Å². The summed E-state index contributed by atoms with van der Waals surface area (Å²) in [7, 11) is 0. The minimum atomic E-state index is -0.144. The predicted octanol–water partition coefficient (Wildman–Crippen LogP) is 4.40. The van der Waals surface area contributed by atoms with Gasteiger partial charge < -0.3 is 14.6 Å². The number of hydrogen-bond donors (Lipinski definition) is 1. The van der Waals surface area contributed by atoms with E-state index >= 15 is 0 Å². The zero-order chi connectivity index (χ0) is 22.1. The van der Waals surface area contributed by atoms with Crippen molar-refractivity contribution in [3.05, 3.63) is 89.9 Å². The number of amides is 2. The second kappa shape index (κ2) is 11.1. The van der Waals surface area contributed by atoms with Gasteiger partial charge in [0.1, 0.15) is 5.76 Å². The molecule has 2 amide bonds. The van der Waals surface area contributed by atoms with Crippen molar-refractivity contribution in [3.8, 4) is 0 Å². The molecule has 1 aromatic heterocycles. The number of anilines is 1. The zero-order valence-corrected chi connectivity index (χ0v) is 18.1. The van der Waals surface area contributed by atoms with Gasteiger partial charge in [0.05, 0.1) is 19.4 Å². The van der Waals surface area contributed by atoms with E-state index in [1.54, 1.807) is 35.4 Å². The van der Waals surface area contributed by atoms with Crippen LogP contribution in [0.3, 0.4) is 0 Å². The molecule has 0 bridgehead atoms. The van der Waals surface area contributed by atoms with Crippen LogP contribution in [-0.4, -0.2) is 41.2 Å². The van der Waals surface area contributed by atoms with Crippen LogP contribution in [0.2, 0.25) is 0 Å². The van der Waals surface area contributed by atoms with Gasteiger partial charge in [0.15, 0.2) is 0 Å². The first kappa shape index (κ1) is 22.3. The number of rotatable bonds is 10. The second-order valence-electron chi connectivity index (χ2n) is 7.32. The molecular formula is C25H29N3O3. The third-order valence-electron chi connectivity index (χ3n) is 5.02. The standard InChI is InChI=1S/C25H29N3O3/c1-3-28(4-2)25(30)21-12-8-13-22(16-21)26-24(29)19-27(18-23-14-9-15-31-23)17-20-10-6-5-7-11-20/h5-16H,3-4,17-19H2,1-2H3,(H,26,29). The summed E-state index contributed by atoms with van der Waals surface area (Å²) < 4.78 is 5.47. The van der Waals surface area contributed by atoms with Crippen molar-refractivity contribution in [3.63, 3.8) is 0 Å². The van der Waals surface area contributed by atoms with Crippen molar-refractivity contribution in [1.29, 1.82) is 0 Å². The number of nitrogens with one attached hydrogen (secondary N) is 1. The van der Waals surface area contributed by atoms with Gasteiger partial charge in [0, 0.05) is 30.9 Å². The highest BCUT2D eigenvalue weighted by molar-refractivity contribution is 5.97. The zero-order valence-electron chi connectivity index (χ0n) is 18.1. The van der Waals surface area contributed by atoms with Crippen molar-refractivity contribution < 1.29 is 14.0 Å². The number of carbonyl (C=O) groups is 2. The molecule has 6 nitrogen and oxygen atoms in total. The minimum Gasteiger partial charge on any atom is -0.468 e. The SMILES string of the molecule is CCN(CC)C(=O)c1cccc(NC(=O)CN(Cc2ccccc2)Cc2ccco2)c1. The van der Waals surface area contributed by atoms with Gasteiger partial charge in [-0.25, -0.2) is 0 Å². The maximum Gasteiger partial charge on any atom is 0.253 e. The normalized spacial score (nSPS) is 10.8. The van der Waals surface area contributed by atoms with Crippen molar-refractivity contribution in [2.75, 3.05) is 25.0 Å². The Bertz CT molecular complexity index is 967. The summed E-state index contributed by atoms with van der Waals surface area (Å²) in [6.45, 7) is 6.54. The van der Waals surface area contributed by atoms with E-state index in [4.69, 9.17) is 4.42 Å². The van der Waals surface area contributed by atoms with Crippen LogP contribution in [0.25, 0.3) is 0 Å². The molecule has 2 aromatic carbocycles. The molecule has 6 heteroatoms. The molecule has 0 unspecified atom stereocenters. The Labute approximate surface area is 183 Å². The Morgan fingerprint density at radius 2 is 1.68 bits per heavy atom. The highest BCUT2D eigenvalue weighted by Crippen LogP contribution is 2.15. The predicted molar refractivity (Wildman–Crippen MR) is 122 cm³/mol. The summed E-state index contributed by atoms with van der Waals surface area (Å²) in [5.41, 5.74) is 2.30. The molecule has 1 heterocycles. The van der Waals surface area contributed by atoms with Crippen molar-refractivity contribution in [2.45, 2.75) is 26.9 Å². The largest absolute Gasteiger partial charge is 0.468 e. The fraction of sp³-hybridized carbons (Fsp3) is 0.280. The third-order valence-corrected chi connectivity index (χ3v) is 5.02. The Balaban J connectivity index is 1.67. The van der Waals surface area contributed by atoms with Crippen LogP contribution >= 0.6 is 0 Å². The summed E-state index contributed by atoms with van der Waals surface area (Å²) in [6.07, 6.45) is 1.63. The molecular weight excluding hydrogens is 390 g/mol. The van der Waals surface area contributed by atoms with Crippen molar-refractivity contribution in [2.24, 2.45) is 0 Å². The highest BCUT2D eigenvalue weighted by atomic mass is 16.3. The monoisotopic (exact) mass is 419 g/mol. The first-order chi connectivity index (χ1) is 15.1. The number of carbonyl (C=O) groups excluding carboxylic acids is 2. The van der Waals surface area contributed by atoms with Crippen LogP contribution in [0, 0.1) is 0 Å². The maximum absolute atomic E-state index is 12.8. The molecule has 0 aliphatic heterocycles. The van der Waals surface area contributed by atoms with E-state index in [1.807, 2.05) is 61.2 Å². The van der Waals surface area contributed by atoms with E-state index in [0.717, 1.165) is 11.3 Å². The summed E-state index contributed by atoms with van der Waals surface area (Å²) in [5, 5.41) is 2.93. The van der Waals surface area contributed by atoms with E-state index < -0.39 is 0 Å². The van der Waals surface area contributed by atoms with Crippen LogP contribution in [0.4, 0.5) is 5.69 Å². The summed E-state index contributed by atoms with van der Waals surface area (Å²) in [4.78, 5) is 29.2. The summed E-state index contributed by atoms with van der Waals surface area (Å²) in [5.74, 6) is 0.620. The van der Waals surface area contributed by atoms with Gasteiger partial charge in [-0.05, 0) is 49.7 Å². The molecule has 1 N–H and O–H groups in total. The first-order valence-corrected chi connectivity index (χ1v) is 10.6. The average Bonchev–Trinajstić information content (AvgIpc) is 3.28. The number of hydrogen-bond acceptors (Lipinski definition) is 4. The number of furan rings is 1. The lowest BCUT2D eigenvalue weighted by Crippen LogP contribution is -2.33. The molecule has 3 aromatic rings. The third kappa shape index (κ3) is 6.55. The Kier molecular flexibility index (Phi) is 8.01. The van der Waals surface area contributed by atoms with Gasteiger partial charge in [-0.3, -0.25) is 14.5 Å².